The summed E-state index contributed by atoms with van der Waals surface area (Å²) in [4.78, 5) is 24.0. The van der Waals surface area contributed by atoms with Gasteiger partial charge in [-0.2, -0.15) is 9.36 Å². The third-order valence-corrected chi connectivity index (χ3v) is 3.97. The van der Waals surface area contributed by atoms with Crippen LogP contribution in [0, 0.1) is 5.82 Å². The Balaban J connectivity index is 1.64. The molecule has 0 spiro atoms. The fourth-order valence-electron chi connectivity index (χ4n) is 2.22. The van der Waals surface area contributed by atoms with Gasteiger partial charge in [-0.25, -0.2) is 9.18 Å². The predicted molar refractivity (Wildman–Crippen MR) is 80.5 cm³/mol. The van der Waals surface area contributed by atoms with Crippen molar-refractivity contribution in [3.05, 3.63) is 45.1 Å². The van der Waals surface area contributed by atoms with E-state index in [1.165, 1.54) is 16.8 Å². The molecule has 0 radical (unpaired) electrons. The molecule has 1 aromatic heterocycles. The van der Waals surface area contributed by atoms with E-state index in [1.54, 1.807) is 13.0 Å². The highest BCUT2D eigenvalue weighted by Crippen LogP contribution is 2.32. The van der Waals surface area contributed by atoms with Crippen molar-refractivity contribution in [2.24, 2.45) is 0 Å². The summed E-state index contributed by atoms with van der Waals surface area (Å²) in [6, 6.07) is 4.01. The van der Waals surface area contributed by atoms with Crippen molar-refractivity contribution in [3.8, 4) is 0 Å². The first-order chi connectivity index (χ1) is 11.0. The lowest BCUT2D eigenvalue weighted by atomic mass is 10.1. The highest BCUT2D eigenvalue weighted by atomic mass is 35.5. The standard InChI is InChI=1S/C14H15ClFN5O2/c1-8(9-2-5-11(15)12(16)6-9)17-13(22)7-20-14(23)21(19-18-20)10-3-4-10/h2,5-6,8,10H,3-4,7H2,1H3,(H,17,22)/t8-/m1/s1. The minimum Gasteiger partial charge on any atom is -0.348 e. The van der Waals surface area contributed by atoms with Gasteiger partial charge in [0.2, 0.25) is 5.91 Å². The van der Waals surface area contributed by atoms with Gasteiger partial charge in [-0.1, -0.05) is 17.7 Å². The maximum atomic E-state index is 13.4. The fourth-order valence-corrected chi connectivity index (χ4v) is 2.34. The number of benzene rings is 1. The van der Waals surface area contributed by atoms with Crippen LogP contribution in [0.4, 0.5) is 4.39 Å². The largest absolute Gasteiger partial charge is 0.364 e. The quantitative estimate of drug-likeness (QED) is 0.893. The van der Waals surface area contributed by atoms with Gasteiger partial charge >= 0.3 is 5.69 Å². The van der Waals surface area contributed by atoms with Gasteiger partial charge in [-0.05, 0) is 47.9 Å². The summed E-state index contributed by atoms with van der Waals surface area (Å²) in [5.74, 6) is -0.952. The molecular formula is C14H15ClFN5O2. The normalized spacial score (nSPS) is 15.4. The molecule has 3 rings (SSSR count). The third kappa shape index (κ3) is 3.42. The number of nitrogens with zero attached hydrogens (tertiary/aromatic N) is 4. The number of tetrazole rings is 1. The number of rotatable bonds is 5. The van der Waals surface area contributed by atoms with Gasteiger partial charge in [0.05, 0.1) is 17.1 Å². The molecule has 0 unspecified atom stereocenters. The molecule has 122 valence electrons. The second-order valence-corrected chi connectivity index (χ2v) is 5.96. The lowest BCUT2D eigenvalue weighted by Gasteiger charge is -2.14. The van der Waals surface area contributed by atoms with Crippen LogP contribution in [0.5, 0.6) is 0 Å². The van der Waals surface area contributed by atoms with Crippen LogP contribution in [-0.2, 0) is 11.3 Å². The average Bonchev–Trinajstić information content (AvgIpc) is 3.28. The molecule has 1 aromatic carbocycles. The molecule has 2 aromatic rings. The maximum absolute atomic E-state index is 13.4. The van der Waals surface area contributed by atoms with E-state index in [-0.39, 0.29) is 17.6 Å². The van der Waals surface area contributed by atoms with Gasteiger partial charge in [0.25, 0.3) is 0 Å². The summed E-state index contributed by atoms with van der Waals surface area (Å²) in [7, 11) is 0. The van der Waals surface area contributed by atoms with E-state index in [1.807, 2.05) is 0 Å². The molecule has 1 heterocycles. The first kappa shape index (κ1) is 15.7. The zero-order valence-electron chi connectivity index (χ0n) is 12.4. The Morgan fingerprint density at radius 3 is 2.87 bits per heavy atom. The molecule has 1 amide bonds. The highest BCUT2D eigenvalue weighted by molar-refractivity contribution is 6.30. The van der Waals surface area contributed by atoms with Crippen LogP contribution in [0.15, 0.2) is 23.0 Å². The molecule has 0 aliphatic heterocycles. The van der Waals surface area contributed by atoms with Gasteiger partial charge in [0, 0.05) is 0 Å². The first-order valence-electron chi connectivity index (χ1n) is 7.22. The van der Waals surface area contributed by atoms with E-state index in [0.717, 1.165) is 17.5 Å². The lowest BCUT2D eigenvalue weighted by molar-refractivity contribution is -0.122. The number of amides is 1. The van der Waals surface area contributed by atoms with Crippen LogP contribution >= 0.6 is 11.6 Å². The molecule has 9 heteroatoms. The lowest BCUT2D eigenvalue weighted by Crippen LogP contribution is -2.34. The predicted octanol–water partition coefficient (Wildman–Crippen LogP) is 1.44. The van der Waals surface area contributed by atoms with E-state index < -0.39 is 23.5 Å². The van der Waals surface area contributed by atoms with Crippen molar-refractivity contribution in [1.29, 1.82) is 0 Å². The second kappa shape index (κ2) is 6.11. The van der Waals surface area contributed by atoms with Crippen molar-refractivity contribution in [1.82, 2.24) is 25.1 Å². The Bertz CT molecular complexity index is 799. The number of hydrogen-bond donors (Lipinski definition) is 1. The van der Waals surface area contributed by atoms with E-state index in [0.29, 0.717) is 5.56 Å². The van der Waals surface area contributed by atoms with Crippen molar-refractivity contribution in [2.75, 3.05) is 0 Å². The van der Waals surface area contributed by atoms with E-state index >= 15 is 0 Å². The number of halogens is 2. The Hall–Kier alpha value is -2.22. The van der Waals surface area contributed by atoms with Crippen LogP contribution < -0.4 is 11.0 Å². The van der Waals surface area contributed by atoms with Crippen LogP contribution in [-0.4, -0.2) is 25.7 Å². The molecule has 1 N–H and O–H groups in total. The van der Waals surface area contributed by atoms with E-state index in [2.05, 4.69) is 15.7 Å². The number of carbonyl (C=O) groups is 1. The number of carbonyl (C=O) groups excluding carboxylic acids is 1. The van der Waals surface area contributed by atoms with E-state index in [9.17, 15) is 14.0 Å². The van der Waals surface area contributed by atoms with Gasteiger partial charge in [-0.15, -0.1) is 0 Å². The molecule has 1 fully saturated rings. The number of aromatic nitrogens is 4. The summed E-state index contributed by atoms with van der Waals surface area (Å²) in [5.41, 5.74) is 0.182. The molecule has 1 aliphatic carbocycles. The van der Waals surface area contributed by atoms with Gasteiger partial charge < -0.3 is 5.32 Å². The smallest absolute Gasteiger partial charge is 0.348 e. The Morgan fingerprint density at radius 1 is 1.48 bits per heavy atom. The Kier molecular flexibility index (Phi) is 4.16. The van der Waals surface area contributed by atoms with E-state index in [4.69, 9.17) is 11.6 Å². The number of nitrogens with one attached hydrogen (secondary N) is 1. The summed E-state index contributed by atoms with van der Waals surface area (Å²) in [6.45, 7) is 1.48. The highest BCUT2D eigenvalue weighted by Gasteiger charge is 2.28. The number of hydrogen-bond acceptors (Lipinski definition) is 4. The fraction of sp³-hybridized carbons (Fsp3) is 0.429. The summed E-state index contributed by atoms with van der Waals surface area (Å²) in [5, 5.41) is 10.2. The van der Waals surface area contributed by atoms with Crippen molar-refractivity contribution in [2.45, 2.75) is 38.4 Å². The molecule has 1 atom stereocenters. The van der Waals surface area contributed by atoms with Crippen LogP contribution in [0.2, 0.25) is 5.02 Å². The van der Waals surface area contributed by atoms with Crippen molar-refractivity contribution >= 4 is 17.5 Å². The molecule has 1 saturated carbocycles. The molecule has 0 bridgehead atoms. The van der Waals surface area contributed by atoms with Crippen LogP contribution in [0.1, 0.15) is 37.4 Å². The molecule has 0 saturated heterocycles. The summed E-state index contributed by atoms with van der Waals surface area (Å²) in [6.07, 6.45) is 1.81. The summed E-state index contributed by atoms with van der Waals surface area (Å²) >= 11 is 5.63. The zero-order valence-corrected chi connectivity index (χ0v) is 13.1. The van der Waals surface area contributed by atoms with Crippen LogP contribution in [0.3, 0.4) is 0 Å². The molecule has 23 heavy (non-hydrogen) atoms. The minimum atomic E-state index is -0.547. The maximum Gasteiger partial charge on any atom is 0.364 e. The third-order valence-electron chi connectivity index (χ3n) is 3.67. The van der Waals surface area contributed by atoms with Crippen LogP contribution in [0.25, 0.3) is 0 Å². The Labute approximate surface area is 136 Å². The Morgan fingerprint density at radius 2 is 2.22 bits per heavy atom. The van der Waals surface area contributed by atoms with Crippen molar-refractivity contribution in [3.63, 3.8) is 0 Å². The summed E-state index contributed by atoms with van der Waals surface area (Å²) < 4.78 is 15.8. The SMILES string of the molecule is C[C@@H](NC(=O)Cn1nnn(C2CC2)c1=O)c1ccc(Cl)c(F)c1. The minimum absolute atomic E-state index is 0.0236. The average molecular weight is 340 g/mol. The monoisotopic (exact) mass is 339 g/mol. The second-order valence-electron chi connectivity index (χ2n) is 5.56. The molecular weight excluding hydrogens is 325 g/mol. The van der Waals surface area contributed by atoms with Crippen molar-refractivity contribution < 1.29 is 9.18 Å². The topological polar surface area (TPSA) is 81.8 Å². The van der Waals surface area contributed by atoms with Gasteiger partial charge in [0.1, 0.15) is 12.4 Å². The molecule has 1 aliphatic rings. The first-order valence-corrected chi connectivity index (χ1v) is 7.60. The van der Waals surface area contributed by atoms with Gasteiger partial charge in [0.15, 0.2) is 0 Å². The molecule has 7 nitrogen and oxygen atoms in total. The van der Waals surface area contributed by atoms with Gasteiger partial charge in [-0.3, -0.25) is 4.79 Å². The zero-order chi connectivity index (χ0) is 16.6.